The van der Waals surface area contributed by atoms with Crippen molar-refractivity contribution in [2.24, 2.45) is 7.05 Å². The van der Waals surface area contributed by atoms with Crippen molar-refractivity contribution in [3.63, 3.8) is 0 Å². The van der Waals surface area contributed by atoms with E-state index in [0.29, 0.717) is 12.1 Å². The van der Waals surface area contributed by atoms with Crippen LogP contribution in [0.25, 0.3) is 11.1 Å². The number of hydrogen-bond donors (Lipinski definition) is 2. The first kappa shape index (κ1) is 14.7. The summed E-state index contributed by atoms with van der Waals surface area (Å²) in [5, 5.41) is 6.91. The summed E-state index contributed by atoms with van der Waals surface area (Å²) in [6.45, 7) is 0.326. The Bertz CT molecular complexity index is 897. The maximum atomic E-state index is 12.0. The first-order valence-electron chi connectivity index (χ1n) is 7.02. The average molecular weight is 309 g/mol. The largest absolute Gasteiger partial charge is 0.348 e. The Kier molecular flexibility index (Phi) is 4.01. The Morgan fingerprint density at radius 2 is 2.13 bits per heavy atom. The molecule has 0 atom stereocenters. The Morgan fingerprint density at radius 3 is 2.87 bits per heavy atom. The molecule has 3 aromatic rings. The fraction of sp³-hybridized carbons (Fsp3) is 0.125. The second-order valence-electron chi connectivity index (χ2n) is 5.11. The van der Waals surface area contributed by atoms with Crippen molar-refractivity contribution < 1.29 is 4.79 Å². The van der Waals surface area contributed by atoms with Gasteiger partial charge in [0.25, 0.3) is 5.91 Å². The van der Waals surface area contributed by atoms with Crippen LogP contribution in [0, 0.1) is 0 Å². The molecule has 3 rings (SSSR count). The number of aromatic amines is 1. The van der Waals surface area contributed by atoms with Gasteiger partial charge in [-0.3, -0.25) is 19.3 Å². The second-order valence-corrected chi connectivity index (χ2v) is 5.11. The highest BCUT2D eigenvalue weighted by molar-refractivity contribution is 5.93. The minimum absolute atomic E-state index is 0.303. The Hall–Kier alpha value is -3.22. The van der Waals surface area contributed by atoms with Gasteiger partial charge >= 0.3 is 0 Å². The molecule has 116 valence electrons. The molecule has 0 bridgehead atoms. The smallest absolute Gasteiger partial charge is 0.251 e. The molecule has 2 N–H and O–H groups in total. The van der Waals surface area contributed by atoms with Gasteiger partial charge in [0.1, 0.15) is 0 Å². The molecule has 7 nitrogen and oxygen atoms in total. The lowest BCUT2D eigenvalue weighted by atomic mass is 10.1. The first-order chi connectivity index (χ1) is 11.1. The van der Waals surface area contributed by atoms with E-state index >= 15 is 0 Å². The highest BCUT2D eigenvalue weighted by atomic mass is 16.2. The zero-order valence-corrected chi connectivity index (χ0v) is 12.5. The van der Waals surface area contributed by atoms with Crippen molar-refractivity contribution in [2.45, 2.75) is 6.54 Å². The number of aryl methyl sites for hydroxylation is 1. The first-order valence-corrected chi connectivity index (χ1v) is 7.02. The summed E-state index contributed by atoms with van der Waals surface area (Å²) in [5.41, 5.74) is 2.77. The predicted molar refractivity (Wildman–Crippen MR) is 84.7 cm³/mol. The van der Waals surface area contributed by atoms with Crippen LogP contribution in [0.15, 0.2) is 54.0 Å². The fourth-order valence-electron chi connectivity index (χ4n) is 2.18. The summed E-state index contributed by atoms with van der Waals surface area (Å²) in [6.07, 6.45) is 8.55. The van der Waals surface area contributed by atoms with Crippen LogP contribution in [-0.2, 0) is 13.6 Å². The zero-order chi connectivity index (χ0) is 16.2. The van der Waals surface area contributed by atoms with Crippen LogP contribution in [0.4, 0.5) is 0 Å². The molecule has 3 aromatic heterocycles. The molecule has 0 aliphatic carbocycles. The lowest BCUT2D eigenvalue weighted by Crippen LogP contribution is -2.24. The van der Waals surface area contributed by atoms with E-state index in [1.54, 1.807) is 29.3 Å². The number of H-pyrrole nitrogens is 1. The number of pyridine rings is 2. The standard InChI is InChI=1S/C16H15N5O2/c1-21-10-14(9-20-21)13-4-11(6-17-8-13)7-19-16(23)12-2-3-18-15(22)5-12/h2-6,8-10H,7H2,1H3,(H,18,22)(H,19,23). The number of carbonyl (C=O) groups excluding carboxylic acids is 1. The van der Waals surface area contributed by atoms with Crippen LogP contribution in [0.5, 0.6) is 0 Å². The van der Waals surface area contributed by atoms with Crippen molar-refractivity contribution in [1.82, 2.24) is 25.1 Å². The molecule has 0 aromatic carbocycles. The summed E-state index contributed by atoms with van der Waals surface area (Å²) in [5.74, 6) is -0.303. The highest BCUT2D eigenvalue weighted by Gasteiger charge is 2.07. The predicted octanol–water partition coefficient (Wildman–Crippen LogP) is 1.10. The molecule has 1 amide bonds. The third-order valence-electron chi connectivity index (χ3n) is 3.32. The van der Waals surface area contributed by atoms with Gasteiger partial charge in [-0.1, -0.05) is 0 Å². The van der Waals surface area contributed by atoms with Crippen LogP contribution in [-0.4, -0.2) is 25.7 Å². The fourth-order valence-corrected chi connectivity index (χ4v) is 2.18. The third kappa shape index (κ3) is 3.52. The lowest BCUT2D eigenvalue weighted by Gasteiger charge is -2.06. The number of nitrogens with one attached hydrogen (secondary N) is 2. The minimum atomic E-state index is -0.308. The molecular formula is C16H15N5O2. The van der Waals surface area contributed by atoms with Crippen molar-refractivity contribution in [1.29, 1.82) is 0 Å². The maximum absolute atomic E-state index is 12.0. The van der Waals surface area contributed by atoms with E-state index in [-0.39, 0.29) is 11.5 Å². The summed E-state index contributed by atoms with van der Waals surface area (Å²) in [4.78, 5) is 29.9. The van der Waals surface area contributed by atoms with E-state index in [9.17, 15) is 9.59 Å². The topological polar surface area (TPSA) is 92.7 Å². The number of aromatic nitrogens is 4. The summed E-state index contributed by atoms with van der Waals surface area (Å²) >= 11 is 0. The summed E-state index contributed by atoms with van der Waals surface area (Å²) < 4.78 is 1.72. The summed E-state index contributed by atoms with van der Waals surface area (Å²) in [7, 11) is 1.85. The number of rotatable bonds is 4. The molecule has 23 heavy (non-hydrogen) atoms. The molecule has 3 heterocycles. The van der Waals surface area contributed by atoms with Crippen LogP contribution < -0.4 is 10.9 Å². The van der Waals surface area contributed by atoms with Crippen molar-refractivity contribution in [3.05, 3.63) is 70.7 Å². The molecule has 7 heteroatoms. The van der Waals surface area contributed by atoms with Gasteiger partial charge in [0.2, 0.25) is 5.56 Å². The molecule has 0 saturated carbocycles. The van der Waals surface area contributed by atoms with E-state index in [0.717, 1.165) is 16.7 Å². The molecule has 0 fully saturated rings. The number of nitrogens with zero attached hydrogens (tertiary/aromatic N) is 3. The zero-order valence-electron chi connectivity index (χ0n) is 12.5. The van der Waals surface area contributed by atoms with Crippen LogP contribution in [0.1, 0.15) is 15.9 Å². The van der Waals surface area contributed by atoms with Gasteiger partial charge in [-0.05, 0) is 17.7 Å². The number of amides is 1. The van der Waals surface area contributed by atoms with E-state index in [1.807, 2.05) is 19.3 Å². The van der Waals surface area contributed by atoms with Gasteiger partial charge in [-0.2, -0.15) is 5.10 Å². The quantitative estimate of drug-likeness (QED) is 0.755. The maximum Gasteiger partial charge on any atom is 0.251 e. The van der Waals surface area contributed by atoms with Crippen molar-refractivity contribution in [3.8, 4) is 11.1 Å². The monoisotopic (exact) mass is 309 g/mol. The lowest BCUT2D eigenvalue weighted by molar-refractivity contribution is 0.0950. The van der Waals surface area contributed by atoms with E-state index in [2.05, 4.69) is 20.4 Å². The SMILES string of the molecule is Cn1cc(-c2cncc(CNC(=O)c3cc[nH]c(=O)c3)c2)cn1. The number of hydrogen-bond acceptors (Lipinski definition) is 4. The van der Waals surface area contributed by atoms with E-state index in [1.165, 1.54) is 12.3 Å². The highest BCUT2D eigenvalue weighted by Crippen LogP contribution is 2.18. The minimum Gasteiger partial charge on any atom is -0.348 e. The van der Waals surface area contributed by atoms with Crippen molar-refractivity contribution >= 4 is 5.91 Å². The van der Waals surface area contributed by atoms with Gasteiger partial charge in [-0.15, -0.1) is 0 Å². The third-order valence-corrected chi connectivity index (χ3v) is 3.32. The van der Waals surface area contributed by atoms with Crippen LogP contribution in [0.3, 0.4) is 0 Å². The molecule has 0 spiro atoms. The van der Waals surface area contributed by atoms with E-state index < -0.39 is 0 Å². The Morgan fingerprint density at radius 1 is 1.26 bits per heavy atom. The van der Waals surface area contributed by atoms with Gasteiger partial charge in [0.05, 0.1) is 6.20 Å². The molecule has 0 unspecified atom stereocenters. The molecule has 0 aliphatic heterocycles. The summed E-state index contributed by atoms with van der Waals surface area (Å²) in [6, 6.07) is 4.77. The van der Waals surface area contributed by atoms with Gasteiger partial charge in [-0.25, -0.2) is 0 Å². The molecule has 0 aliphatic rings. The Balaban J connectivity index is 1.71. The normalized spacial score (nSPS) is 10.5. The molecular weight excluding hydrogens is 294 g/mol. The van der Waals surface area contributed by atoms with Gasteiger partial charge in [0.15, 0.2) is 0 Å². The Labute approximate surface area is 132 Å². The van der Waals surface area contributed by atoms with Gasteiger partial charge < -0.3 is 10.3 Å². The second kappa shape index (κ2) is 6.27. The van der Waals surface area contributed by atoms with Crippen LogP contribution >= 0.6 is 0 Å². The molecule has 0 saturated heterocycles. The van der Waals surface area contributed by atoms with Crippen LogP contribution in [0.2, 0.25) is 0 Å². The number of carbonyl (C=O) groups is 1. The average Bonchev–Trinajstić information content (AvgIpc) is 2.99. The van der Waals surface area contributed by atoms with Gasteiger partial charge in [0, 0.05) is 61.1 Å². The van der Waals surface area contributed by atoms with Crippen molar-refractivity contribution in [2.75, 3.05) is 0 Å². The molecule has 0 radical (unpaired) electrons. The van der Waals surface area contributed by atoms with E-state index in [4.69, 9.17) is 0 Å².